The minimum absolute atomic E-state index is 0.00310. The van der Waals surface area contributed by atoms with Gasteiger partial charge in [0.15, 0.2) is 10.8 Å². The molecular formula is C29H40N10O10S3. The summed E-state index contributed by atoms with van der Waals surface area (Å²) < 4.78 is 10.5. The van der Waals surface area contributed by atoms with Crippen LogP contribution in [0.5, 0.6) is 0 Å². The first kappa shape index (κ1) is 40.3. The fourth-order valence-electron chi connectivity index (χ4n) is 5.06. The molecule has 23 heteroatoms. The van der Waals surface area contributed by atoms with Gasteiger partial charge in [0.25, 0.3) is 5.91 Å². The fourth-order valence-corrected chi connectivity index (χ4v) is 8.64. The van der Waals surface area contributed by atoms with Gasteiger partial charge in [-0.2, -0.15) is 5.21 Å². The lowest BCUT2D eigenvalue weighted by Crippen LogP contribution is -2.75. The summed E-state index contributed by atoms with van der Waals surface area (Å²) in [5.41, 5.74) is -3.31. The van der Waals surface area contributed by atoms with Crippen molar-refractivity contribution in [1.29, 1.82) is 0 Å². The molecule has 0 radical (unpaired) electrons. The predicted molar refractivity (Wildman–Crippen MR) is 187 cm³/mol. The molecule has 2 aliphatic heterocycles. The van der Waals surface area contributed by atoms with E-state index in [4.69, 9.17) is 14.3 Å². The minimum atomic E-state index is -1.46. The number of nitrogens with zero attached hydrogens (tertiary/aromatic N) is 6. The van der Waals surface area contributed by atoms with Crippen LogP contribution in [0, 0.1) is 5.41 Å². The summed E-state index contributed by atoms with van der Waals surface area (Å²) in [5.74, 6) is -3.20. The highest BCUT2D eigenvalue weighted by Gasteiger charge is 2.60. The molecule has 2 aromatic rings. The Labute approximate surface area is 310 Å². The zero-order chi connectivity index (χ0) is 38.3. The first-order chi connectivity index (χ1) is 24.4. The third-order valence-electron chi connectivity index (χ3n) is 7.22. The quantitative estimate of drug-likeness (QED) is 0.0305. The van der Waals surface area contributed by atoms with Crippen LogP contribution in [0.25, 0.3) is 0 Å². The summed E-state index contributed by atoms with van der Waals surface area (Å²) in [4.78, 5) is 85.9. The Morgan fingerprint density at radius 2 is 1.94 bits per heavy atom. The highest BCUT2D eigenvalue weighted by atomic mass is 32.2. The number of carboxylic acid groups (broad SMARTS) is 1. The average molecular weight is 785 g/mol. The van der Waals surface area contributed by atoms with Crippen LogP contribution in [0.2, 0.25) is 0 Å². The van der Waals surface area contributed by atoms with E-state index >= 15 is 0 Å². The van der Waals surface area contributed by atoms with Crippen molar-refractivity contribution in [3.8, 4) is 0 Å². The summed E-state index contributed by atoms with van der Waals surface area (Å²) in [7, 11) is 0. The Kier molecular flexibility index (Phi) is 13.1. The normalized spacial score (nSPS) is 20.8. The number of hydrogen-bond donors (Lipinski definition) is 5. The number of ether oxygens (including phenoxy) is 2. The van der Waals surface area contributed by atoms with Gasteiger partial charge < -0.3 is 40.3 Å². The second kappa shape index (κ2) is 16.9. The molecule has 0 aromatic carbocycles. The molecular weight excluding hydrogens is 745 g/mol. The molecule has 4 atom stereocenters. The van der Waals surface area contributed by atoms with Gasteiger partial charge in [-0.15, -0.1) is 33.3 Å². The Balaban J connectivity index is 1.46. The highest BCUT2D eigenvalue weighted by Crippen LogP contribution is 2.48. The number of carboxylic acids is 1. The molecule has 4 amide bonds. The third-order valence-corrected chi connectivity index (χ3v) is 10.9. The summed E-state index contributed by atoms with van der Waals surface area (Å²) in [6.45, 7) is 9.65. The zero-order valence-electron chi connectivity index (χ0n) is 29.2. The van der Waals surface area contributed by atoms with Crippen LogP contribution in [-0.2, 0) is 38.3 Å². The minimum Gasteiger partial charge on any atom is -0.481 e. The summed E-state index contributed by atoms with van der Waals surface area (Å²) in [6, 6.07) is -1.05. The Morgan fingerprint density at radius 3 is 2.58 bits per heavy atom. The van der Waals surface area contributed by atoms with Crippen molar-refractivity contribution in [1.82, 2.24) is 41.1 Å². The molecule has 52 heavy (non-hydrogen) atoms. The number of oxime groups is 1. The van der Waals surface area contributed by atoms with E-state index in [1.54, 1.807) is 41.5 Å². The van der Waals surface area contributed by atoms with Crippen molar-refractivity contribution in [3.63, 3.8) is 0 Å². The fraction of sp³-hybridized carbons (Fsp3) is 0.621. The number of rotatable bonds is 16. The zero-order valence-corrected chi connectivity index (χ0v) is 31.6. The Morgan fingerprint density at radius 1 is 1.21 bits per heavy atom. The number of carbonyl (C=O) groups is 6. The van der Waals surface area contributed by atoms with Crippen molar-refractivity contribution >= 4 is 82.0 Å². The summed E-state index contributed by atoms with van der Waals surface area (Å²) >= 11 is 3.29. The molecule has 0 saturated carbocycles. The maximum atomic E-state index is 13.5. The van der Waals surface area contributed by atoms with E-state index in [9.17, 15) is 33.9 Å². The van der Waals surface area contributed by atoms with Gasteiger partial charge in [0, 0.05) is 29.5 Å². The number of tetrazole rings is 1. The van der Waals surface area contributed by atoms with E-state index in [1.807, 2.05) is 0 Å². The molecule has 5 N–H and O–H groups in total. The topological polar surface area (TPSA) is 269 Å². The van der Waals surface area contributed by atoms with Crippen molar-refractivity contribution in [2.75, 3.05) is 30.8 Å². The van der Waals surface area contributed by atoms with Gasteiger partial charge in [-0.3, -0.25) is 19.2 Å². The molecule has 0 bridgehead atoms. The maximum Gasteiger partial charge on any atom is 0.407 e. The number of fused-ring (bicyclic) bond motifs is 1. The van der Waals surface area contributed by atoms with E-state index in [0.29, 0.717) is 19.3 Å². The van der Waals surface area contributed by atoms with Gasteiger partial charge in [-0.05, 0) is 59.6 Å². The first-order valence-corrected chi connectivity index (χ1v) is 18.6. The molecule has 2 aromatic heterocycles. The number of nitrogens with one attached hydrogen (secondary N) is 4. The molecule has 2 aliphatic rings. The molecule has 4 rings (SSSR count). The number of thioether (sulfide) groups is 2. The van der Waals surface area contributed by atoms with Crippen molar-refractivity contribution in [3.05, 3.63) is 11.1 Å². The lowest BCUT2D eigenvalue weighted by atomic mass is 9.81. The number of β-lactam (4-membered cyclic amide) rings is 1. The maximum absolute atomic E-state index is 13.5. The lowest BCUT2D eigenvalue weighted by Gasteiger charge is -2.55. The molecule has 284 valence electrons. The van der Waals surface area contributed by atoms with E-state index in [1.165, 1.54) is 22.0 Å². The molecule has 3 unspecified atom stereocenters. The molecule has 2 saturated heterocycles. The van der Waals surface area contributed by atoms with Crippen LogP contribution in [-0.4, -0.2) is 131 Å². The van der Waals surface area contributed by atoms with Gasteiger partial charge in [0.2, 0.25) is 24.1 Å². The van der Waals surface area contributed by atoms with Crippen LogP contribution < -0.4 is 16.0 Å². The second-order valence-electron chi connectivity index (χ2n) is 13.6. The van der Waals surface area contributed by atoms with Crippen LogP contribution in [0.15, 0.2) is 15.7 Å². The van der Waals surface area contributed by atoms with Crippen molar-refractivity contribution in [2.45, 2.75) is 87.4 Å². The number of carbonyl (C=O) groups excluding carboxylic acids is 5. The Hall–Kier alpha value is -4.51. The molecule has 0 spiro atoms. The highest BCUT2D eigenvalue weighted by molar-refractivity contribution is 8.01. The number of amides is 4. The van der Waals surface area contributed by atoms with Crippen LogP contribution >= 0.6 is 34.9 Å². The number of H-pyrrole nitrogens is 1. The molecule has 4 heterocycles. The van der Waals surface area contributed by atoms with Crippen LogP contribution in [0.1, 0.15) is 60.1 Å². The summed E-state index contributed by atoms with van der Waals surface area (Å²) in [6.07, 6.45) is 0.480. The molecule has 20 nitrogen and oxygen atoms in total. The monoisotopic (exact) mass is 784 g/mol. The SMILES string of the molecule is CC(C)(C)OC(=O)CON=C(C(=O)NC1C(=O)N2CC(C(=O)O)(C(CCCNC(=O)OC(C)(C)C)Sc3nn[nH]n3)CS[C@H]12)c1csc(NC=O)n1. The predicted octanol–water partition coefficient (Wildman–Crippen LogP) is 1.22. The number of aliphatic carboxylic acids is 1. The number of hydrogen-bond acceptors (Lipinski definition) is 17. The van der Waals surface area contributed by atoms with Crippen molar-refractivity contribution < 1.29 is 48.2 Å². The van der Waals surface area contributed by atoms with Crippen LogP contribution in [0.3, 0.4) is 0 Å². The van der Waals surface area contributed by atoms with Gasteiger partial charge in [0.05, 0.1) is 0 Å². The van der Waals surface area contributed by atoms with E-state index in [-0.39, 0.29) is 40.5 Å². The van der Waals surface area contributed by atoms with Gasteiger partial charge >= 0.3 is 18.0 Å². The smallest absolute Gasteiger partial charge is 0.407 e. The number of alkyl carbamates (subject to hydrolysis) is 1. The van der Waals surface area contributed by atoms with Crippen LogP contribution in [0.4, 0.5) is 9.93 Å². The van der Waals surface area contributed by atoms with E-state index < -0.39 is 69.7 Å². The van der Waals surface area contributed by atoms with Gasteiger partial charge in [0.1, 0.15) is 33.7 Å². The van der Waals surface area contributed by atoms with Gasteiger partial charge in [-0.1, -0.05) is 16.9 Å². The standard InChI is InChI=1S/C29H40N10O10S3/c1-27(2,3)48-17(41)10-47-36-18(15-11-50-24(32-15)31-14-40)20(42)33-19-21(43)39-12-29(23(44)45,13-51-22(19)39)16(52-25-34-37-38-35-25)8-7-9-30-26(46)49-28(4,5)6/h11,14,16,19,22H,7-10,12-13H2,1-6H3,(H,30,46)(H,33,42)(H,44,45)(H,31,32,40)(H,34,35,37,38)/t16?,19?,22-,29?/m1/s1. The van der Waals surface area contributed by atoms with E-state index in [2.05, 4.69) is 46.7 Å². The second-order valence-corrected chi connectivity index (χ2v) is 16.7. The largest absolute Gasteiger partial charge is 0.481 e. The van der Waals surface area contributed by atoms with E-state index in [0.717, 1.165) is 23.1 Å². The lowest BCUT2D eigenvalue weighted by molar-refractivity contribution is -0.160. The van der Waals surface area contributed by atoms with Crippen molar-refractivity contribution in [2.24, 2.45) is 10.6 Å². The summed E-state index contributed by atoms with van der Waals surface area (Å²) in [5, 5.41) is 36.5. The molecule has 2 fully saturated rings. The third kappa shape index (κ3) is 10.5. The number of aromatic amines is 1. The molecule has 0 aliphatic carbocycles. The van der Waals surface area contributed by atoms with Gasteiger partial charge in [-0.25, -0.2) is 14.6 Å². The number of esters is 1. The number of thiazole rings is 1. The number of aromatic nitrogens is 5. The average Bonchev–Trinajstić information content (AvgIpc) is 3.74. The number of anilines is 1. The Bertz CT molecular complexity index is 1660. The first-order valence-electron chi connectivity index (χ1n) is 15.8.